The number of rotatable bonds is 8. The van der Waals surface area contributed by atoms with Crippen LogP contribution in [-0.2, 0) is 10.5 Å². The minimum atomic E-state index is -0.331. The molecule has 2 aromatic rings. The molecule has 0 aliphatic carbocycles. The van der Waals surface area contributed by atoms with Gasteiger partial charge in [-0.3, -0.25) is 0 Å². The predicted molar refractivity (Wildman–Crippen MR) is 114 cm³/mol. The summed E-state index contributed by atoms with van der Waals surface area (Å²) in [5.74, 6) is 1.62. The quantitative estimate of drug-likeness (QED) is 0.397. The highest BCUT2D eigenvalue weighted by atomic mass is 32.2. The van der Waals surface area contributed by atoms with Crippen LogP contribution in [0.25, 0.3) is 0 Å². The fraction of sp³-hybridized carbons (Fsp3) is 0.300. The number of ether oxygens (including phenoxy) is 1. The number of hydrogen-bond donors (Lipinski definition) is 2. The van der Waals surface area contributed by atoms with Crippen molar-refractivity contribution >= 4 is 40.7 Å². The molecule has 6 heteroatoms. The minimum Gasteiger partial charge on any atom is -0.462 e. The number of benzene rings is 2. The number of thiocarbonyl (C=S) groups is 1. The Morgan fingerprint density at radius 3 is 2.69 bits per heavy atom. The Morgan fingerprint density at radius 2 is 1.96 bits per heavy atom. The lowest BCUT2D eigenvalue weighted by atomic mass is 10.2. The van der Waals surface area contributed by atoms with Crippen molar-refractivity contribution in [3.8, 4) is 0 Å². The van der Waals surface area contributed by atoms with E-state index >= 15 is 0 Å². The molecular formula is C20H24N2O2S2. The van der Waals surface area contributed by atoms with Crippen molar-refractivity contribution in [3.63, 3.8) is 0 Å². The molecule has 138 valence electrons. The average Bonchev–Trinajstić information content (AvgIpc) is 2.63. The molecule has 0 saturated heterocycles. The lowest BCUT2D eigenvalue weighted by Crippen LogP contribution is -2.30. The van der Waals surface area contributed by atoms with Crippen LogP contribution in [0, 0.1) is 6.92 Å². The Morgan fingerprint density at radius 1 is 1.19 bits per heavy atom. The highest BCUT2D eigenvalue weighted by Crippen LogP contribution is 2.13. The number of carbonyl (C=O) groups excluding carboxylic acids is 1. The lowest BCUT2D eigenvalue weighted by Gasteiger charge is -2.11. The van der Waals surface area contributed by atoms with Gasteiger partial charge in [0.25, 0.3) is 0 Å². The first-order valence-corrected chi connectivity index (χ1v) is 10.1. The molecule has 0 aliphatic heterocycles. The van der Waals surface area contributed by atoms with Gasteiger partial charge in [0.2, 0.25) is 0 Å². The van der Waals surface area contributed by atoms with Gasteiger partial charge in [-0.05, 0) is 49.8 Å². The number of anilines is 1. The van der Waals surface area contributed by atoms with Crippen LogP contribution < -0.4 is 10.6 Å². The number of hydrogen-bond acceptors (Lipinski definition) is 4. The molecule has 26 heavy (non-hydrogen) atoms. The first-order valence-electron chi connectivity index (χ1n) is 8.54. The summed E-state index contributed by atoms with van der Waals surface area (Å²) in [7, 11) is 0. The molecule has 0 bridgehead atoms. The van der Waals surface area contributed by atoms with E-state index in [-0.39, 0.29) is 5.97 Å². The zero-order valence-corrected chi connectivity index (χ0v) is 16.7. The van der Waals surface area contributed by atoms with Crippen molar-refractivity contribution in [2.24, 2.45) is 0 Å². The molecule has 0 heterocycles. The van der Waals surface area contributed by atoms with Gasteiger partial charge in [-0.1, -0.05) is 35.9 Å². The summed E-state index contributed by atoms with van der Waals surface area (Å²) in [5, 5.41) is 6.82. The van der Waals surface area contributed by atoms with E-state index in [2.05, 4.69) is 41.8 Å². The maximum Gasteiger partial charge on any atom is 0.338 e. The first-order chi connectivity index (χ1) is 12.6. The summed E-state index contributed by atoms with van der Waals surface area (Å²) < 4.78 is 5.00. The van der Waals surface area contributed by atoms with E-state index in [0.29, 0.717) is 17.3 Å². The van der Waals surface area contributed by atoms with Crippen LogP contribution in [0.4, 0.5) is 5.69 Å². The van der Waals surface area contributed by atoms with Crippen molar-refractivity contribution in [3.05, 3.63) is 65.2 Å². The Labute approximate surface area is 164 Å². The van der Waals surface area contributed by atoms with Crippen molar-refractivity contribution < 1.29 is 9.53 Å². The zero-order valence-electron chi connectivity index (χ0n) is 15.1. The summed E-state index contributed by atoms with van der Waals surface area (Å²) in [6.45, 7) is 5.02. The molecule has 0 aliphatic rings. The Bertz CT molecular complexity index is 733. The van der Waals surface area contributed by atoms with Crippen LogP contribution in [0.3, 0.4) is 0 Å². The van der Waals surface area contributed by atoms with Crippen LogP contribution in [0.1, 0.15) is 28.4 Å². The van der Waals surface area contributed by atoms with Crippen LogP contribution in [0.5, 0.6) is 0 Å². The van der Waals surface area contributed by atoms with Crippen LogP contribution >= 0.6 is 24.0 Å². The second-order valence-electron chi connectivity index (χ2n) is 5.72. The van der Waals surface area contributed by atoms with Gasteiger partial charge in [-0.15, -0.1) is 0 Å². The Hall–Kier alpha value is -2.05. The molecule has 0 aromatic heterocycles. The average molecular weight is 389 g/mol. The van der Waals surface area contributed by atoms with E-state index in [9.17, 15) is 4.79 Å². The molecule has 0 spiro atoms. The predicted octanol–water partition coefficient (Wildman–Crippen LogP) is 4.39. The monoisotopic (exact) mass is 388 g/mol. The zero-order chi connectivity index (χ0) is 18.8. The second-order valence-corrected chi connectivity index (χ2v) is 7.23. The fourth-order valence-electron chi connectivity index (χ4n) is 2.22. The largest absolute Gasteiger partial charge is 0.462 e. The molecular weight excluding hydrogens is 364 g/mol. The van der Waals surface area contributed by atoms with Gasteiger partial charge in [0, 0.05) is 23.7 Å². The van der Waals surface area contributed by atoms with Gasteiger partial charge in [0.15, 0.2) is 5.11 Å². The van der Waals surface area contributed by atoms with Gasteiger partial charge in [0.05, 0.1) is 12.2 Å². The SMILES string of the molecule is CCOC(=O)c1cccc(NC(=S)NCCSCc2ccc(C)cc2)c1. The third kappa shape index (κ3) is 7.06. The van der Waals surface area contributed by atoms with Gasteiger partial charge in [0.1, 0.15) is 0 Å². The number of carbonyl (C=O) groups is 1. The van der Waals surface area contributed by atoms with Crippen LogP contribution in [0.15, 0.2) is 48.5 Å². The van der Waals surface area contributed by atoms with Crippen molar-refractivity contribution in [1.29, 1.82) is 0 Å². The number of aryl methyl sites for hydroxylation is 1. The smallest absolute Gasteiger partial charge is 0.338 e. The standard InChI is InChI=1S/C20H24N2O2S2/c1-3-24-19(23)17-5-4-6-18(13-17)22-20(25)21-11-12-26-14-16-9-7-15(2)8-10-16/h4-10,13H,3,11-12,14H2,1-2H3,(H2,21,22,25). The molecule has 0 amide bonds. The van der Waals surface area contributed by atoms with Crippen LogP contribution in [-0.4, -0.2) is 30.0 Å². The highest BCUT2D eigenvalue weighted by Gasteiger charge is 2.07. The summed E-state index contributed by atoms with van der Waals surface area (Å²) in [6, 6.07) is 15.7. The molecule has 2 rings (SSSR count). The Balaban J connectivity index is 1.69. The van der Waals surface area contributed by atoms with Gasteiger partial charge in [-0.25, -0.2) is 4.79 Å². The van der Waals surface area contributed by atoms with E-state index < -0.39 is 0 Å². The van der Waals surface area contributed by atoms with Crippen molar-refractivity contribution in [2.75, 3.05) is 24.2 Å². The third-order valence-corrected chi connectivity index (χ3v) is 4.83. The highest BCUT2D eigenvalue weighted by molar-refractivity contribution is 7.98. The summed E-state index contributed by atoms with van der Waals surface area (Å²) in [4.78, 5) is 11.8. The Kier molecular flexibility index (Phi) is 8.44. The third-order valence-electron chi connectivity index (χ3n) is 3.55. The van der Waals surface area contributed by atoms with Gasteiger partial charge < -0.3 is 15.4 Å². The molecule has 0 fully saturated rings. The van der Waals surface area contributed by atoms with E-state index in [0.717, 1.165) is 23.7 Å². The second kappa shape index (κ2) is 10.8. The normalized spacial score (nSPS) is 10.2. The molecule has 2 aromatic carbocycles. The van der Waals surface area contributed by atoms with Crippen molar-refractivity contribution in [1.82, 2.24) is 5.32 Å². The molecule has 2 N–H and O–H groups in total. The number of thioether (sulfide) groups is 1. The van der Waals surface area contributed by atoms with E-state index in [1.165, 1.54) is 11.1 Å². The molecule has 0 unspecified atom stereocenters. The summed E-state index contributed by atoms with van der Waals surface area (Å²) in [6.07, 6.45) is 0. The molecule has 4 nitrogen and oxygen atoms in total. The molecule has 0 saturated carbocycles. The topological polar surface area (TPSA) is 50.4 Å². The van der Waals surface area contributed by atoms with E-state index in [1.807, 2.05) is 17.8 Å². The number of esters is 1. The van der Waals surface area contributed by atoms with Gasteiger partial charge >= 0.3 is 5.97 Å². The van der Waals surface area contributed by atoms with E-state index in [4.69, 9.17) is 17.0 Å². The maximum absolute atomic E-state index is 11.8. The van der Waals surface area contributed by atoms with E-state index in [1.54, 1.807) is 25.1 Å². The lowest BCUT2D eigenvalue weighted by molar-refractivity contribution is 0.0526. The molecule has 0 atom stereocenters. The molecule has 0 radical (unpaired) electrons. The van der Waals surface area contributed by atoms with Crippen molar-refractivity contribution in [2.45, 2.75) is 19.6 Å². The summed E-state index contributed by atoms with van der Waals surface area (Å²) >= 11 is 7.17. The summed E-state index contributed by atoms with van der Waals surface area (Å²) in [5.41, 5.74) is 3.88. The maximum atomic E-state index is 11.8. The fourth-order valence-corrected chi connectivity index (χ4v) is 3.26. The minimum absolute atomic E-state index is 0.331. The first kappa shape index (κ1) is 20.3. The van der Waals surface area contributed by atoms with Crippen LogP contribution in [0.2, 0.25) is 0 Å². The van der Waals surface area contributed by atoms with Gasteiger partial charge in [-0.2, -0.15) is 11.8 Å². The number of nitrogens with one attached hydrogen (secondary N) is 2.